The Morgan fingerprint density at radius 3 is 2.67 bits per heavy atom. The van der Waals surface area contributed by atoms with Crippen LogP contribution in [0.1, 0.15) is 38.2 Å². The van der Waals surface area contributed by atoms with Gasteiger partial charge in [0.25, 0.3) is 0 Å². The van der Waals surface area contributed by atoms with Gasteiger partial charge >= 0.3 is 13.2 Å². The maximum atomic E-state index is 12.1. The second-order valence-corrected chi connectivity index (χ2v) is 7.62. The highest BCUT2D eigenvalue weighted by atomic mass is 31.2. The molecule has 0 radical (unpaired) electrons. The van der Waals surface area contributed by atoms with Crippen LogP contribution in [0.15, 0.2) is 27.4 Å². The lowest BCUT2D eigenvalue weighted by molar-refractivity contribution is 0.375. The maximum Gasteiger partial charge on any atom is 0.379 e. The van der Waals surface area contributed by atoms with Gasteiger partial charge in [0.1, 0.15) is 11.3 Å². The Morgan fingerprint density at radius 2 is 2.00 bits per heavy atom. The van der Waals surface area contributed by atoms with Crippen molar-refractivity contribution < 1.29 is 23.1 Å². The van der Waals surface area contributed by atoms with Gasteiger partial charge in [-0.1, -0.05) is 26.2 Å². The molecular weight excluding hydrogens is 331 g/mol. The van der Waals surface area contributed by atoms with E-state index in [1.165, 1.54) is 13.2 Å². The molecule has 1 aromatic carbocycles. The second kappa shape index (κ2) is 7.86. The van der Waals surface area contributed by atoms with Gasteiger partial charge in [-0.25, -0.2) is 9.36 Å². The number of methoxy groups -OCH3 is 1. The second-order valence-electron chi connectivity index (χ2n) is 5.72. The van der Waals surface area contributed by atoms with Gasteiger partial charge in [-0.05, 0) is 25.5 Å². The molecule has 0 saturated heterocycles. The first-order valence-electron chi connectivity index (χ1n) is 8.01. The third-order valence-corrected chi connectivity index (χ3v) is 5.21. The summed E-state index contributed by atoms with van der Waals surface area (Å²) >= 11 is 0. The van der Waals surface area contributed by atoms with Crippen LogP contribution in [0.25, 0.3) is 11.0 Å². The predicted octanol–water partition coefficient (Wildman–Crippen LogP) is 4.25. The molecule has 7 heteroatoms. The van der Waals surface area contributed by atoms with E-state index < -0.39 is 13.2 Å². The molecule has 0 spiro atoms. The van der Waals surface area contributed by atoms with E-state index in [1.54, 1.807) is 19.1 Å². The highest BCUT2D eigenvalue weighted by Gasteiger charge is 2.21. The molecule has 1 N–H and O–H groups in total. The van der Waals surface area contributed by atoms with Crippen molar-refractivity contribution in [2.24, 2.45) is 0 Å². The first-order valence-corrected chi connectivity index (χ1v) is 9.77. The molecule has 6 nitrogen and oxygen atoms in total. The molecule has 0 aliphatic rings. The molecule has 0 aliphatic carbocycles. The van der Waals surface area contributed by atoms with Gasteiger partial charge in [-0.15, -0.1) is 0 Å². The maximum absolute atomic E-state index is 12.1. The van der Waals surface area contributed by atoms with E-state index in [0.717, 1.165) is 19.3 Å². The standard InChI is InChI=1S/C17H23O6P/c1-4-5-6-7-10-24(19,20)23-13-8-9-14-12(2)16(21-3)17(18)22-15(14)11-13/h8-9,11H,4-7,10H2,1-3H3,(H,19,20). The van der Waals surface area contributed by atoms with Crippen molar-refractivity contribution in [2.75, 3.05) is 13.3 Å². The summed E-state index contributed by atoms with van der Waals surface area (Å²) in [5.74, 6) is 0.358. The summed E-state index contributed by atoms with van der Waals surface area (Å²) in [4.78, 5) is 21.8. The molecule has 1 unspecified atom stereocenters. The number of benzene rings is 1. The van der Waals surface area contributed by atoms with Crippen molar-refractivity contribution in [3.63, 3.8) is 0 Å². The summed E-state index contributed by atoms with van der Waals surface area (Å²) in [5, 5.41) is 0.689. The van der Waals surface area contributed by atoms with Crippen molar-refractivity contribution in [1.82, 2.24) is 0 Å². The van der Waals surface area contributed by atoms with E-state index in [9.17, 15) is 14.3 Å². The average molecular weight is 354 g/mol. The summed E-state index contributed by atoms with van der Waals surface area (Å²) in [6.45, 7) is 3.83. The van der Waals surface area contributed by atoms with E-state index in [1.807, 2.05) is 0 Å². The van der Waals surface area contributed by atoms with Gasteiger partial charge in [0, 0.05) is 17.0 Å². The highest BCUT2D eigenvalue weighted by molar-refractivity contribution is 7.53. The normalized spacial score (nSPS) is 13.7. The van der Waals surface area contributed by atoms with Crippen LogP contribution in [0.4, 0.5) is 0 Å². The topological polar surface area (TPSA) is 86.0 Å². The zero-order valence-corrected chi connectivity index (χ0v) is 15.1. The van der Waals surface area contributed by atoms with Crippen LogP contribution in [0.5, 0.6) is 11.5 Å². The van der Waals surface area contributed by atoms with E-state index in [4.69, 9.17) is 13.7 Å². The largest absolute Gasteiger partial charge is 0.490 e. The van der Waals surface area contributed by atoms with E-state index in [2.05, 4.69) is 6.92 Å². The minimum atomic E-state index is -3.72. The first-order chi connectivity index (χ1) is 11.4. The minimum Gasteiger partial charge on any atom is -0.490 e. The van der Waals surface area contributed by atoms with Crippen LogP contribution in [0, 0.1) is 6.92 Å². The molecule has 1 atom stereocenters. The summed E-state index contributed by atoms with van der Waals surface area (Å²) < 4.78 is 27.6. The average Bonchev–Trinajstić information content (AvgIpc) is 2.51. The molecule has 132 valence electrons. The third-order valence-electron chi connectivity index (χ3n) is 3.83. The molecule has 0 aliphatic heterocycles. The van der Waals surface area contributed by atoms with Crippen molar-refractivity contribution in [2.45, 2.75) is 39.5 Å². The van der Waals surface area contributed by atoms with E-state index in [-0.39, 0.29) is 17.7 Å². The lowest BCUT2D eigenvalue weighted by Gasteiger charge is -2.14. The SMILES string of the molecule is CCCCCCP(=O)(O)Oc1ccc2c(C)c(OC)c(=O)oc2c1. The van der Waals surface area contributed by atoms with Gasteiger partial charge in [-0.2, -0.15) is 0 Å². The summed E-state index contributed by atoms with van der Waals surface area (Å²) in [7, 11) is -2.31. The summed E-state index contributed by atoms with van der Waals surface area (Å²) in [6.07, 6.45) is 3.73. The third kappa shape index (κ3) is 4.40. The van der Waals surface area contributed by atoms with Crippen LogP contribution < -0.4 is 14.9 Å². The number of hydrogen-bond donors (Lipinski definition) is 1. The summed E-state index contributed by atoms with van der Waals surface area (Å²) in [5.41, 5.74) is 0.357. The van der Waals surface area contributed by atoms with Gasteiger partial charge < -0.3 is 18.6 Å². The van der Waals surface area contributed by atoms with Gasteiger partial charge in [0.2, 0.25) is 5.75 Å². The highest BCUT2D eigenvalue weighted by Crippen LogP contribution is 2.44. The van der Waals surface area contributed by atoms with Crippen LogP contribution in [0.3, 0.4) is 0 Å². The molecule has 0 saturated carbocycles. The van der Waals surface area contributed by atoms with Crippen LogP contribution in [0.2, 0.25) is 0 Å². The molecule has 2 aromatic rings. The van der Waals surface area contributed by atoms with Gasteiger partial charge in [0.05, 0.1) is 13.3 Å². The molecule has 1 aromatic heterocycles. The quantitative estimate of drug-likeness (QED) is 0.433. The molecule has 24 heavy (non-hydrogen) atoms. The Morgan fingerprint density at radius 1 is 1.25 bits per heavy atom. The predicted molar refractivity (Wildman–Crippen MR) is 93.2 cm³/mol. The van der Waals surface area contributed by atoms with Crippen molar-refractivity contribution in [1.29, 1.82) is 0 Å². The number of aryl methyl sites for hydroxylation is 1. The first kappa shape index (κ1) is 18.6. The smallest absolute Gasteiger partial charge is 0.379 e. The Kier molecular flexibility index (Phi) is 6.08. The Hall–Kier alpha value is -1.78. The van der Waals surface area contributed by atoms with Crippen molar-refractivity contribution in [3.8, 4) is 11.5 Å². The fraction of sp³-hybridized carbons (Fsp3) is 0.471. The molecule has 0 amide bonds. The van der Waals surface area contributed by atoms with Crippen molar-refractivity contribution >= 4 is 18.6 Å². The number of unbranched alkanes of at least 4 members (excludes halogenated alkanes) is 3. The molecule has 0 bridgehead atoms. The lowest BCUT2D eigenvalue weighted by Crippen LogP contribution is -2.06. The Balaban J connectivity index is 2.22. The number of fused-ring (bicyclic) bond motifs is 1. The Bertz CT molecular complexity index is 811. The molecule has 0 fully saturated rings. The van der Waals surface area contributed by atoms with Crippen LogP contribution in [-0.4, -0.2) is 18.2 Å². The molecule has 1 heterocycles. The Labute approximate surface area is 140 Å². The van der Waals surface area contributed by atoms with E-state index >= 15 is 0 Å². The number of ether oxygens (including phenoxy) is 1. The van der Waals surface area contributed by atoms with E-state index in [0.29, 0.717) is 23.0 Å². The fourth-order valence-corrected chi connectivity index (χ4v) is 3.72. The monoisotopic (exact) mass is 354 g/mol. The lowest BCUT2D eigenvalue weighted by atomic mass is 10.1. The number of hydrogen-bond acceptors (Lipinski definition) is 5. The van der Waals surface area contributed by atoms with Crippen LogP contribution >= 0.6 is 7.60 Å². The van der Waals surface area contributed by atoms with Gasteiger partial charge in [0.15, 0.2) is 0 Å². The zero-order valence-electron chi connectivity index (χ0n) is 14.2. The number of rotatable bonds is 8. The minimum absolute atomic E-state index is 0.108. The van der Waals surface area contributed by atoms with Crippen LogP contribution in [-0.2, 0) is 4.57 Å². The zero-order chi connectivity index (χ0) is 17.7. The summed E-state index contributed by atoms with van der Waals surface area (Å²) in [6, 6.07) is 4.73. The fourth-order valence-electron chi connectivity index (χ4n) is 2.56. The molecular formula is C17H23O6P. The molecule has 2 rings (SSSR count). The van der Waals surface area contributed by atoms with Crippen molar-refractivity contribution in [3.05, 3.63) is 34.2 Å². The van der Waals surface area contributed by atoms with Gasteiger partial charge in [-0.3, -0.25) is 0 Å².